The van der Waals surface area contributed by atoms with Gasteiger partial charge in [0.2, 0.25) is 0 Å². The predicted molar refractivity (Wildman–Crippen MR) is 82.1 cm³/mol. The molecule has 0 radical (unpaired) electrons. The van der Waals surface area contributed by atoms with Crippen LogP contribution in [0.3, 0.4) is 0 Å². The summed E-state index contributed by atoms with van der Waals surface area (Å²) in [5.41, 5.74) is 0.796. The van der Waals surface area contributed by atoms with Gasteiger partial charge in [-0.1, -0.05) is 45.4 Å². The fraction of sp³-hybridized carbons (Fsp3) is 0.588. The fourth-order valence-electron chi connectivity index (χ4n) is 3.48. The minimum absolute atomic E-state index is 0.0960. The van der Waals surface area contributed by atoms with Gasteiger partial charge in [0.05, 0.1) is 0 Å². The van der Waals surface area contributed by atoms with E-state index in [1.807, 2.05) is 30.3 Å². The summed E-state index contributed by atoms with van der Waals surface area (Å²) in [6.45, 7) is 6.64. The molecule has 0 aliphatic heterocycles. The number of carbonyl (C=O) groups is 1. The van der Waals surface area contributed by atoms with Gasteiger partial charge in [-0.25, -0.2) is 4.79 Å². The summed E-state index contributed by atoms with van der Waals surface area (Å²) in [6, 6.07) is 9.62. The molecule has 1 aromatic carbocycles. The standard InChI is InChI=1S/C17H25NO2/c1-12(2)15-10-9-13(3)11-16(15)18(17(19)20)14-7-5-4-6-8-14/h4-8,12-13,15-16H,9-11H2,1-3H3,(H,19,20). The number of para-hydroxylation sites is 1. The van der Waals surface area contributed by atoms with Crippen LogP contribution in [0, 0.1) is 17.8 Å². The van der Waals surface area contributed by atoms with Crippen molar-refractivity contribution in [3.8, 4) is 0 Å². The first-order valence-electron chi connectivity index (χ1n) is 7.58. The summed E-state index contributed by atoms with van der Waals surface area (Å²) < 4.78 is 0. The van der Waals surface area contributed by atoms with Gasteiger partial charge in [-0.2, -0.15) is 0 Å². The Morgan fingerprint density at radius 1 is 1.25 bits per heavy atom. The minimum atomic E-state index is -0.832. The van der Waals surface area contributed by atoms with Gasteiger partial charge in [0.1, 0.15) is 0 Å². The highest BCUT2D eigenvalue weighted by Crippen LogP contribution is 2.38. The van der Waals surface area contributed by atoms with Crippen LogP contribution in [0.2, 0.25) is 0 Å². The SMILES string of the molecule is CC1CCC(C(C)C)C(N(C(=O)O)c2ccccc2)C1. The summed E-state index contributed by atoms with van der Waals surface area (Å²) in [5.74, 6) is 1.56. The van der Waals surface area contributed by atoms with Gasteiger partial charge in [-0.15, -0.1) is 0 Å². The molecule has 1 aliphatic rings. The molecule has 0 bridgehead atoms. The maximum absolute atomic E-state index is 11.8. The molecule has 3 unspecified atom stereocenters. The largest absolute Gasteiger partial charge is 0.465 e. The molecule has 3 heteroatoms. The topological polar surface area (TPSA) is 40.5 Å². The van der Waals surface area contributed by atoms with E-state index < -0.39 is 6.09 Å². The number of amides is 1. The Kier molecular flexibility index (Phi) is 4.69. The summed E-state index contributed by atoms with van der Waals surface area (Å²) in [6.07, 6.45) is 2.46. The molecule has 0 saturated heterocycles. The number of hydrogen-bond donors (Lipinski definition) is 1. The number of anilines is 1. The van der Waals surface area contributed by atoms with Crippen molar-refractivity contribution in [1.29, 1.82) is 0 Å². The molecular formula is C17H25NO2. The van der Waals surface area contributed by atoms with Gasteiger partial charge < -0.3 is 5.11 Å². The molecule has 3 nitrogen and oxygen atoms in total. The molecule has 1 amide bonds. The van der Waals surface area contributed by atoms with Crippen molar-refractivity contribution in [2.75, 3.05) is 4.90 Å². The normalized spacial score (nSPS) is 26.5. The van der Waals surface area contributed by atoms with Crippen LogP contribution in [0.4, 0.5) is 10.5 Å². The molecule has 20 heavy (non-hydrogen) atoms. The van der Waals surface area contributed by atoms with Crippen LogP contribution in [0.5, 0.6) is 0 Å². The lowest BCUT2D eigenvalue weighted by molar-refractivity contribution is 0.166. The third-order valence-corrected chi connectivity index (χ3v) is 4.56. The molecule has 1 aliphatic carbocycles. The quantitative estimate of drug-likeness (QED) is 0.873. The van der Waals surface area contributed by atoms with E-state index in [1.54, 1.807) is 4.90 Å². The van der Waals surface area contributed by atoms with Crippen molar-refractivity contribution >= 4 is 11.8 Å². The van der Waals surface area contributed by atoms with E-state index in [0.29, 0.717) is 17.8 Å². The van der Waals surface area contributed by atoms with Crippen molar-refractivity contribution in [2.45, 2.75) is 46.1 Å². The monoisotopic (exact) mass is 275 g/mol. The van der Waals surface area contributed by atoms with E-state index in [9.17, 15) is 9.90 Å². The van der Waals surface area contributed by atoms with Crippen molar-refractivity contribution in [2.24, 2.45) is 17.8 Å². The summed E-state index contributed by atoms with van der Waals surface area (Å²) in [4.78, 5) is 13.4. The van der Waals surface area contributed by atoms with E-state index in [1.165, 1.54) is 6.42 Å². The van der Waals surface area contributed by atoms with Crippen molar-refractivity contribution in [3.05, 3.63) is 30.3 Å². The summed E-state index contributed by atoms with van der Waals surface area (Å²) >= 11 is 0. The molecule has 110 valence electrons. The van der Waals surface area contributed by atoms with Crippen LogP contribution in [0.1, 0.15) is 40.0 Å². The lowest BCUT2D eigenvalue weighted by Crippen LogP contribution is -2.48. The van der Waals surface area contributed by atoms with Gasteiger partial charge >= 0.3 is 6.09 Å². The van der Waals surface area contributed by atoms with Crippen LogP contribution in [-0.2, 0) is 0 Å². The van der Waals surface area contributed by atoms with E-state index in [-0.39, 0.29) is 6.04 Å². The van der Waals surface area contributed by atoms with Crippen molar-refractivity contribution in [1.82, 2.24) is 0 Å². The Morgan fingerprint density at radius 2 is 1.90 bits per heavy atom. The first-order valence-corrected chi connectivity index (χ1v) is 7.58. The number of rotatable bonds is 3. The fourth-order valence-corrected chi connectivity index (χ4v) is 3.48. The Labute approximate surface area is 121 Å². The minimum Gasteiger partial charge on any atom is -0.465 e. The van der Waals surface area contributed by atoms with Crippen LogP contribution >= 0.6 is 0 Å². The predicted octanol–water partition coefficient (Wildman–Crippen LogP) is 4.63. The van der Waals surface area contributed by atoms with E-state index in [4.69, 9.17) is 0 Å². The van der Waals surface area contributed by atoms with Crippen molar-refractivity contribution < 1.29 is 9.90 Å². The molecular weight excluding hydrogens is 250 g/mol. The highest BCUT2D eigenvalue weighted by molar-refractivity contribution is 5.86. The Bertz CT molecular complexity index is 444. The first-order chi connectivity index (χ1) is 9.50. The third kappa shape index (κ3) is 3.14. The van der Waals surface area contributed by atoms with Gasteiger partial charge in [-0.3, -0.25) is 4.90 Å². The molecule has 1 N–H and O–H groups in total. The van der Waals surface area contributed by atoms with Crippen LogP contribution < -0.4 is 4.90 Å². The Hall–Kier alpha value is -1.51. The number of nitrogens with zero attached hydrogens (tertiary/aromatic N) is 1. The van der Waals surface area contributed by atoms with E-state index in [0.717, 1.165) is 18.5 Å². The number of benzene rings is 1. The second kappa shape index (κ2) is 6.29. The van der Waals surface area contributed by atoms with E-state index >= 15 is 0 Å². The molecule has 0 heterocycles. The average Bonchev–Trinajstić information content (AvgIpc) is 2.39. The zero-order chi connectivity index (χ0) is 14.7. The number of carboxylic acid groups (broad SMARTS) is 1. The maximum Gasteiger partial charge on any atom is 0.412 e. The Balaban J connectivity index is 2.33. The second-order valence-electron chi connectivity index (χ2n) is 6.38. The molecule has 0 aromatic heterocycles. The first kappa shape index (κ1) is 14.9. The summed E-state index contributed by atoms with van der Waals surface area (Å²) in [7, 11) is 0. The van der Waals surface area contributed by atoms with Crippen LogP contribution in [0.25, 0.3) is 0 Å². The van der Waals surface area contributed by atoms with Gasteiger partial charge in [0.25, 0.3) is 0 Å². The van der Waals surface area contributed by atoms with E-state index in [2.05, 4.69) is 20.8 Å². The van der Waals surface area contributed by atoms with Gasteiger partial charge in [0, 0.05) is 11.7 Å². The zero-order valence-corrected chi connectivity index (χ0v) is 12.6. The Morgan fingerprint density at radius 3 is 2.45 bits per heavy atom. The van der Waals surface area contributed by atoms with Crippen molar-refractivity contribution in [3.63, 3.8) is 0 Å². The van der Waals surface area contributed by atoms with Gasteiger partial charge in [-0.05, 0) is 42.7 Å². The molecule has 2 rings (SSSR count). The number of hydrogen-bond acceptors (Lipinski definition) is 1. The zero-order valence-electron chi connectivity index (χ0n) is 12.6. The molecule has 1 saturated carbocycles. The third-order valence-electron chi connectivity index (χ3n) is 4.56. The highest BCUT2D eigenvalue weighted by Gasteiger charge is 2.37. The highest BCUT2D eigenvalue weighted by atomic mass is 16.4. The lowest BCUT2D eigenvalue weighted by atomic mass is 9.73. The maximum atomic E-state index is 11.8. The smallest absolute Gasteiger partial charge is 0.412 e. The molecule has 1 aromatic rings. The molecule has 0 spiro atoms. The lowest BCUT2D eigenvalue weighted by Gasteiger charge is -2.42. The van der Waals surface area contributed by atoms with Crippen LogP contribution in [0.15, 0.2) is 30.3 Å². The average molecular weight is 275 g/mol. The molecule has 1 fully saturated rings. The molecule has 3 atom stereocenters. The summed E-state index contributed by atoms with van der Waals surface area (Å²) in [5, 5.41) is 9.69. The van der Waals surface area contributed by atoms with Crippen LogP contribution in [-0.4, -0.2) is 17.2 Å². The second-order valence-corrected chi connectivity index (χ2v) is 6.38. The van der Waals surface area contributed by atoms with Gasteiger partial charge in [0.15, 0.2) is 0 Å².